The third kappa shape index (κ3) is 4.74. The molecule has 7 rings (SSSR count). The summed E-state index contributed by atoms with van der Waals surface area (Å²) in [4.78, 5) is 29.9. The van der Waals surface area contributed by atoms with E-state index in [0.29, 0.717) is 51.9 Å². The minimum atomic E-state index is -1.38. The maximum atomic E-state index is 12.9. The van der Waals surface area contributed by atoms with Crippen molar-refractivity contribution in [1.29, 1.82) is 5.26 Å². The molecule has 0 radical (unpaired) electrons. The van der Waals surface area contributed by atoms with Crippen molar-refractivity contribution in [2.75, 3.05) is 47.2 Å². The second kappa shape index (κ2) is 12.1. The number of thioether (sulfide) groups is 1. The lowest BCUT2D eigenvalue weighted by Crippen LogP contribution is -2.69. The van der Waals surface area contributed by atoms with E-state index in [2.05, 4.69) is 21.9 Å². The number of rotatable bonds is 5. The van der Waals surface area contributed by atoms with Gasteiger partial charge < -0.3 is 38.3 Å². The van der Waals surface area contributed by atoms with Crippen LogP contribution >= 0.6 is 11.8 Å². The number of ether oxygens (including phenoxy) is 7. The van der Waals surface area contributed by atoms with E-state index >= 15 is 0 Å². The fourth-order valence-corrected chi connectivity index (χ4v) is 9.61. The highest BCUT2D eigenvalue weighted by molar-refractivity contribution is 7.99. The van der Waals surface area contributed by atoms with Crippen LogP contribution in [-0.2, 0) is 25.5 Å². The fourth-order valence-electron chi connectivity index (χ4n) is 8.20. The first-order valence-electron chi connectivity index (χ1n) is 15.4. The molecule has 0 spiro atoms. The number of hydrogen-bond donors (Lipinski definition) is 1. The number of aliphatic hydroxyl groups excluding tert-OH is 1. The van der Waals surface area contributed by atoms with Crippen molar-refractivity contribution in [1.82, 2.24) is 9.80 Å². The largest absolute Gasteiger partial charge is 0.493 e. The standard InChI is InChI=1S/C33H37N3O10S/c1-14-7-17-8-18-19(9-34)36-20-10-42-33(39)21(38)11-47-32(24-23(20)31-29(44-13-45-31)15(2)28(24)46-16(3)37)26(36)25(35(18)4)22(17)30(27(14)41-6)43-12-40-5/h7,18-21,25-26,32,38H,8,10-13H2,1-6H3/t18-,19-,20-,21-,25+,26?,32+/m0/s1. The molecule has 5 aliphatic rings. The summed E-state index contributed by atoms with van der Waals surface area (Å²) in [7, 11) is 5.17. The number of fused-ring (bicyclic) bond motifs is 9. The lowest BCUT2D eigenvalue weighted by Gasteiger charge is -2.61. The van der Waals surface area contributed by atoms with Gasteiger partial charge in [-0.1, -0.05) is 6.07 Å². The maximum Gasteiger partial charge on any atom is 0.335 e. The van der Waals surface area contributed by atoms with Crippen molar-refractivity contribution in [3.63, 3.8) is 0 Å². The van der Waals surface area contributed by atoms with Crippen LogP contribution in [0.15, 0.2) is 6.07 Å². The second-order valence-corrected chi connectivity index (χ2v) is 13.6. The van der Waals surface area contributed by atoms with Gasteiger partial charge in [-0.25, -0.2) is 4.79 Å². The molecule has 250 valence electrons. The molecule has 2 saturated heterocycles. The predicted octanol–water partition coefficient (Wildman–Crippen LogP) is 2.87. The van der Waals surface area contributed by atoms with Gasteiger partial charge in [0.1, 0.15) is 18.4 Å². The van der Waals surface area contributed by atoms with Crippen LogP contribution in [-0.4, -0.2) is 98.3 Å². The number of nitriles is 1. The van der Waals surface area contributed by atoms with Gasteiger partial charge in [0.25, 0.3) is 0 Å². The summed E-state index contributed by atoms with van der Waals surface area (Å²) < 4.78 is 41.3. The predicted molar refractivity (Wildman–Crippen MR) is 167 cm³/mol. The average Bonchev–Trinajstić information content (AvgIpc) is 3.53. The van der Waals surface area contributed by atoms with Crippen LogP contribution in [0.2, 0.25) is 0 Å². The SMILES string of the molecule is COCOc1c(OC)c(C)cc2c1[C@@H]1C3[C@@H]4SC[C@H](O)C(=O)OC[C@@H](c5c6c(c(C)c(OC(C)=O)c54)OCO6)N3[C@@H](C#N)[C@H](C2)N1C. The summed E-state index contributed by atoms with van der Waals surface area (Å²) in [6.45, 7) is 4.90. The molecule has 14 heteroatoms. The number of hydrogen-bond acceptors (Lipinski definition) is 14. The second-order valence-electron chi connectivity index (χ2n) is 12.4. The van der Waals surface area contributed by atoms with Crippen LogP contribution in [0, 0.1) is 25.2 Å². The van der Waals surface area contributed by atoms with Crippen molar-refractivity contribution < 1.29 is 47.9 Å². The number of aryl methyl sites for hydroxylation is 1. The van der Waals surface area contributed by atoms with E-state index in [0.717, 1.165) is 16.7 Å². The number of likely N-dealkylation sites (N-methyl/N-ethyl adjacent to an activating group) is 1. The lowest BCUT2D eigenvalue weighted by molar-refractivity contribution is -0.157. The molecular weight excluding hydrogens is 630 g/mol. The highest BCUT2D eigenvalue weighted by Gasteiger charge is 2.60. The molecule has 2 aromatic rings. The van der Waals surface area contributed by atoms with Gasteiger partial charge in [-0.15, -0.1) is 11.8 Å². The Morgan fingerprint density at radius 1 is 1.13 bits per heavy atom. The maximum absolute atomic E-state index is 12.9. The van der Waals surface area contributed by atoms with Crippen molar-refractivity contribution >= 4 is 23.7 Å². The molecule has 0 aromatic heterocycles. The third-order valence-electron chi connectivity index (χ3n) is 9.94. The summed E-state index contributed by atoms with van der Waals surface area (Å²) in [6.07, 6.45) is -0.829. The smallest absolute Gasteiger partial charge is 0.335 e. The normalized spacial score (nSPS) is 29.1. The Bertz CT molecular complexity index is 1690. The summed E-state index contributed by atoms with van der Waals surface area (Å²) in [5.41, 5.74) is 4.78. The molecule has 0 saturated carbocycles. The van der Waals surface area contributed by atoms with E-state index in [9.17, 15) is 20.0 Å². The number of piperazine rings is 1. The van der Waals surface area contributed by atoms with Crippen LogP contribution in [0.3, 0.4) is 0 Å². The van der Waals surface area contributed by atoms with Gasteiger partial charge >= 0.3 is 11.9 Å². The molecule has 5 heterocycles. The van der Waals surface area contributed by atoms with Crippen LogP contribution in [0.25, 0.3) is 0 Å². The number of carbonyl (C=O) groups is 2. The fraction of sp³-hybridized carbons (Fsp3) is 0.545. The Labute approximate surface area is 276 Å². The van der Waals surface area contributed by atoms with E-state index < -0.39 is 41.4 Å². The first kappa shape index (κ1) is 31.8. The van der Waals surface area contributed by atoms with Crippen molar-refractivity contribution in [2.45, 2.75) is 68.8 Å². The zero-order chi connectivity index (χ0) is 33.3. The summed E-state index contributed by atoms with van der Waals surface area (Å²) >= 11 is 1.35. The van der Waals surface area contributed by atoms with Gasteiger partial charge in [-0.05, 0) is 38.4 Å². The Morgan fingerprint density at radius 3 is 2.60 bits per heavy atom. The third-order valence-corrected chi connectivity index (χ3v) is 11.3. The Hall–Kier alpha value is -3.74. The molecule has 2 fully saturated rings. The minimum absolute atomic E-state index is 0.000855. The molecular formula is C33H37N3O10S. The monoisotopic (exact) mass is 667 g/mol. The zero-order valence-corrected chi connectivity index (χ0v) is 27.8. The van der Waals surface area contributed by atoms with Gasteiger partial charge in [-0.2, -0.15) is 5.26 Å². The Kier molecular flexibility index (Phi) is 8.16. The van der Waals surface area contributed by atoms with Gasteiger partial charge in [0, 0.05) is 54.1 Å². The molecule has 5 aliphatic heterocycles. The number of carbonyl (C=O) groups excluding carboxylic acids is 2. The highest BCUT2D eigenvalue weighted by Crippen LogP contribution is 2.64. The number of nitrogens with zero attached hydrogens (tertiary/aromatic N) is 3. The quantitative estimate of drug-likeness (QED) is 0.283. The van der Waals surface area contributed by atoms with Gasteiger partial charge in [0.05, 0.1) is 30.5 Å². The summed E-state index contributed by atoms with van der Waals surface area (Å²) in [6, 6.07) is 2.30. The van der Waals surface area contributed by atoms with Gasteiger partial charge in [-0.3, -0.25) is 14.6 Å². The van der Waals surface area contributed by atoms with Crippen LogP contribution < -0.4 is 23.7 Å². The average molecular weight is 668 g/mol. The van der Waals surface area contributed by atoms with E-state index in [-0.39, 0.29) is 38.0 Å². The van der Waals surface area contributed by atoms with Gasteiger partial charge in [0.2, 0.25) is 6.79 Å². The summed E-state index contributed by atoms with van der Waals surface area (Å²) in [5.74, 6) is 1.15. The molecule has 7 atom stereocenters. The molecule has 47 heavy (non-hydrogen) atoms. The van der Waals surface area contributed by atoms with Gasteiger partial charge in [0.15, 0.2) is 35.9 Å². The topological polar surface area (TPSA) is 149 Å². The van der Waals surface area contributed by atoms with E-state index in [4.69, 9.17) is 33.2 Å². The van der Waals surface area contributed by atoms with Crippen molar-refractivity contribution in [3.05, 3.63) is 39.4 Å². The molecule has 2 aromatic carbocycles. The first-order valence-corrected chi connectivity index (χ1v) is 16.5. The Morgan fingerprint density at radius 2 is 1.89 bits per heavy atom. The Balaban J connectivity index is 1.56. The molecule has 1 N–H and O–H groups in total. The van der Waals surface area contributed by atoms with E-state index in [1.807, 2.05) is 20.9 Å². The number of aliphatic hydroxyl groups is 1. The van der Waals surface area contributed by atoms with Crippen LogP contribution in [0.5, 0.6) is 28.7 Å². The van der Waals surface area contributed by atoms with E-state index in [1.54, 1.807) is 14.2 Å². The molecule has 13 nitrogen and oxygen atoms in total. The minimum Gasteiger partial charge on any atom is -0.493 e. The summed E-state index contributed by atoms with van der Waals surface area (Å²) in [5, 5.41) is 21.3. The van der Waals surface area contributed by atoms with Crippen molar-refractivity contribution in [2.24, 2.45) is 0 Å². The number of cyclic esters (lactones) is 1. The number of esters is 2. The first-order chi connectivity index (χ1) is 22.6. The number of benzene rings is 2. The van der Waals surface area contributed by atoms with Crippen LogP contribution in [0.1, 0.15) is 57.6 Å². The number of methoxy groups -OCH3 is 2. The van der Waals surface area contributed by atoms with Crippen LogP contribution in [0.4, 0.5) is 0 Å². The van der Waals surface area contributed by atoms with Crippen molar-refractivity contribution in [3.8, 4) is 34.8 Å². The molecule has 0 amide bonds. The molecule has 1 unspecified atom stereocenters. The highest BCUT2D eigenvalue weighted by atomic mass is 32.2. The molecule has 0 aliphatic carbocycles. The zero-order valence-electron chi connectivity index (χ0n) is 27.0. The lowest BCUT2D eigenvalue weighted by atomic mass is 9.71. The van der Waals surface area contributed by atoms with E-state index in [1.165, 1.54) is 18.7 Å². The molecule has 4 bridgehead atoms.